The molecule has 0 aliphatic carbocycles. The number of dihydropyridines is 1. The SMILES string of the molecule is C=CCOP(=O)(OCC=C)C1=C(C)NC(C)=C(C(=O)OCCN(C)Cc2ccccc2)C1c1ccccc1[N+](=O)[O-]. The van der Waals surface area contributed by atoms with Crippen LogP contribution in [0.25, 0.3) is 0 Å². The first-order chi connectivity index (χ1) is 19.6. The number of carbonyl (C=O) groups excluding carboxylic acids is 1. The first kappa shape index (κ1) is 31.7. The lowest BCUT2D eigenvalue weighted by Gasteiger charge is -2.34. The van der Waals surface area contributed by atoms with Gasteiger partial charge in [0, 0.05) is 36.1 Å². The third kappa shape index (κ3) is 7.89. The normalized spacial score (nSPS) is 15.5. The number of benzene rings is 2. The van der Waals surface area contributed by atoms with E-state index in [1.807, 2.05) is 42.3 Å². The Labute approximate surface area is 240 Å². The van der Waals surface area contributed by atoms with Crippen LogP contribution < -0.4 is 5.32 Å². The highest BCUT2D eigenvalue weighted by atomic mass is 31.2. The van der Waals surface area contributed by atoms with E-state index in [4.69, 9.17) is 13.8 Å². The number of esters is 1. The molecule has 1 heterocycles. The van der Waals surface area contributed by atoms with Crippen LogP contribution in [-0.4, -0.2) is 49.2 Å². The van der Waals surface area contributed by atoms with Crippen molar-refractivity contribution in [2.24, 2.45) is 0 Å². The van der Waals surface area contributed by atoms with Gasteiger partial charge in [-0.05, 0) is 26.5 Å². The molecule has 3 rings (SSSR count). The molecular weight excluding hydrogens is 545 g/mol. The topological polar surface area (TPSA) is 120 Å². The van der Waals surface area contributed by atoms with Crippen LogP contribution in [0.2, 0.25) is 0 Å². The fourth-order valence-electron chi connectivity index (χ4n) is 4.64. The molecule has 0 saturated heterocycles. The van der Waals surface area contributed by atoms with Gasteiger partial charge in [0.2, 0.25) is 0 Å². The number of para-hydroxylation sites is 1. The van der Waals surface area contributed by atoms with Gasteiger partial charge in [-0.25, -0.2) is 4.79 Å². The van der Waals surface area contributed by atoms with Gasteiger partial charge in [0.15, 0.2) is 0 Å². The average Bonchev–Trinajstić information content (AvgIpc) is 2.95. The van der Waals surface area contributed by atoms with Gasteiger partial charge in [-0.2, -0.15) is 0 Å². The molecule has 1 unspecified atom stereocenters. The minimum absolute atomic E-state index is 0.0676. The maximum Gasteiger partial charge on any atom is 0.360 e. The van der Waals surface area contributed by atoms with Gasteiger partial charge in [0.25, 0.3) is 5.69 Å². The van der Waals surface area contributed by atoms with Crippen molar-refractivity contribution in [2.75, 3.05) is 33.4 Å². The zero-order chi connectivity index (χ0) is 30.0. The summed E-state index contributed by atoms with van der Waals surface area (Å²) in [6.07, 6.45) is 2.83. The molecule has 0 radical (unpaired) electrons. The summed E-state index contributed by atoms with van der Waals surface area (Å²) in [6.45, 7) is 11.5. The quantitative estimate of drug-likeness (QED) is 0.0880. The van der Waals surface area contributed by atoms with Gasteiger partial charge >= 0.3 is 13.6 Å². The lowest BCUT2D eigenvalue weighted by atomic mass is 9.85. The highest BCUT2D eigenvalue weighted by Crippen LogP contribution is 2.64. The molecule has 10 nitrogen and oxygen atoms in total. The van der Waals surface area contributed by atoms with Gasteiger partial charge in [0.05, 0.1) is 34.9 Å². The van der Waals surface area contributed by atoms with E-state index in [1.54, 1.807) is 19.9 Å². The van der Waals surface area contributed by atoms with E-state index in [-0.39, 0.29) is 42.0 Å². The van der Waals surface area contributed by atoms with E-state index in [0.29, 0.717) is 24.5 Å². The predicted octanol–water partition coefficient (Wildman–Crippen LogP) is 6.06. The summed E-state index contributed by atoms with van der Waals surface area (Å²) < 4.78 is 31.4. The number of hydrogen-bond donors (Lipinski definition) is 1. The van der Waals surface area contributed by atoms with Crippen molar-refractivity contribution in [1.82, 2.24) is 10.2 Å². The summed E-state index contributed by atoms with van der Waals surface area (Å²) in [5, 5.41) is 15.3. The number of nitrogens with one attached hydrogen (secondary N) is 1. The minimum Gasteiger partial charge on any atom is -0.461 e. The van der Waals surface area contributed by atoms with Gasteiger partial charge in [-0.1, -0.05) is 60.7 Å². The van der Waals surface area contributed by atoms with Gasteiger partial charge < -0.3 is 19.1 Å². The van der Waals surface area contributed by atoms with Crippen LogP contribution >= 0.6 is 7.60 Å². The lowest BCUT2D eigenvalue weighted by molar-refractivity contribution is -0.385. The molecule has 0 amide bonds. The molecule has 11 heteroatoms. The molecule has 0 spiro atoms. The predicted molar refractivity (Wildman–Crippen MR) is 158 cm³/mol. The van der Waals surface area contributed by atoms with Crippen molar-refractivity contribution < 1.29 is 28.1 Å². The Morgan fingerprint density at radius 2 is 1.66 bits per heavy atom. The zero-order valence-corrected chi connectivity index (χ0v) is 24.5. The summed E-state index contributed by atoms with van der Waals surface area (Å²) in [5.41, 5.74) is 1.91. The van der Waals surface area contributed by atoms with E-state index in [0.717, 1.165) is 5.56 Å². The summed E-state index contributed by atoms with van der Waals surface area (Å²) in [4.78, 5) is 27.2. The van der Waals surface area contributed by atoms with Gasteiger partial charge in [-0.15, -0.1) is 13.2 Å². The molecule has 1 aliphatic rings. The minimum atomic E-state index is -4.14. The van der Waals surface area contributed by atoms with Crippen molar-refractivity contribution in [3.63, 3.8) is 0 Å². The van der Waals surface area contributed by atoms with Crippen LogP contribution in [-0.2, 0) is 29.7 Å². The number of ether oxygens (including phenoxy) is 1. The molecule has 218 valence electrons. The highest BCUT2D eigenvalue weighted by molar-refractivity contribution is 7.58. The van der Waals surface area contributed by atoms with Crippen molar-refractivity contribution in [3.05, 3.63) is 123 Å². The van der Waals surface area contributed by atoms with E-state index >= 15 is 0 Å². The van der Waals surface area contributed by atoms with E-state index in [9.17, 15) is 19.5 Å². The molecule has 0 aromatic heterocycles. The maximum atomic E-state index is 14.3. The largest absolute Gasteiger partial charge is 0.461 e. The number of carbonyl (C=O) groups is 1. The van der Waals surface area contributed by atoms with Crippen molar-refractivity contribution >= 4 is 19.3 Å². The third-order valence-electron chi connectivity index (χ3n) is 6.41. The molecule has 2 aromatic rings. The van der Waals surface area contributed by atoms with Gasteiger partial charge in [-0.3, -0.25) is 19.6 Å². The van der Waals surface area contributed by atoms with Crippen LogP contribution in [0.15, 0.2) is 102 Å². The molecule has 0 bridgehead atoms. The van der Waals surface area contributed by atoms with Crippen molar-refractivity contribution in [2.45, 2.75) is 26.3 Å². The van der Waals surface area contributed by atoms with E-state index in [2.05, 4.69) is 18.5 Å². The zero-order valence-electron chi connectivity index (χ0n) is 23.6. The smallest absolute Gasteiger partial charge is 0.360 e. The second kappa shape index (κ2) is 14.7. The van der Waals surface area contributed by atoms with Crippen molar-refractivity contribution in [3.8, 4) is 0 Å². The molecule has 1 aliphatic heterocycles. The summed E-state index contributed by atoms with van der Waals surface area (Å²) in [5.74, 6) is -1.84. The third-order valence-corrected chi connectivity index (χ3v) is 8.57. The number of likely N-dealkylation sites (N-methyl/N-ethyl adjacent to an activating group) is 1. The van der Waals surface area contributed by atoms with Crippen LogP contribution in [0, 0.1) is 10.1 Å². The summed E-state index contributed by atoms with van der Waals surface area (Å²) >= 11 is 0. The second-order valence-corrected chi connectivity index (χ2v) is 11.4. The number of nitro benzene ring substituents is 1. The Morgan fingerprint density at radius 1 is 1.05 bits per heavy atom. The Kier molecular flexibility index (Phi) is 11.4. The number of rotatable bonds is 15. The molecule has 41 heavy (non-hydrogen) atoms. The first-order valence-electron chi connectivity index (χ1n) is 13.1. The fourth-order valence-corrected chi connectivity index (χ4v) is 6.65. The Hall–Kier alpha value is -3.82. The number of hydrogen-bond acceptors (Lipinski definition) is 9. The number of nitrogens with zero attached hydrogens (tertiary/aromatic N) is 2. The van der Waals surface area contributed by atoms with E-state index in [1.165, 1.54) is 30.4 Å². The van der Waals surface area contributed by atoms with Crippen LogP contribution in [0.3, 0.4) is 0 Å². The van der Waals surface area contributed by atoms with Crippen LogP contribution in [0.4, 0.5) is 5.69 Å². The standard InChI is InChI=1S/C30H36N3O7P/c1-6-18-39-41(37,40-19-7-2)29-23(4)31-22(3)27(28(29)25-15-11-12-16-26(25)33(35)36)30(34)38-20-17-32(5)21-24-13-9-8-10-14-24/h6-16,28,31H,1-2,17-21H2,3-5H3. The molecular formula is C30H36N3O7P. The average molecular weight is 582 g/mol. The molecule has 0 saturated carbocycles. The number of nitro groups is 1. The first-order valence-corrected chi connectivity index (χ1v) is 14.6. The monoisotopic (exact) mass is 581 g/mol. The van der Waals surface area contributed by atoms with Gasteiger partial charge in [0.1, 0.15) is 6.61 Å². The Bertz CT molecular complexity index is 1370. The molecule has 2 aromatic carbocycles. The second-order valence-electron chi connectivity index (χ2n) is 9.45. The Morgan fingerprint density at radius 3 is 2.27 bits per heavy atom. The molecule has 1 atom stereocenters. The summed E-state index contributed by atoms with van der Waals surface area (Å²) in [7, 11) is -2.22. The number of allylic oxidation sites excluding steroid dienone is 3. The highest BCUT2D eigenvalue weighted by Gasteiger charge is 2.46. The Balaban J connectivity index is 2.00. The van der Waals surface area contributed by atoms with Crippen molar-refractivity contribution in [1.29, 1.82) is 0 Å². The van der Waals surface area contributed by atoms with Crippen LogP contribution in [0.5, 0.6) is 0 Å². The maximum absolute atomic E-state index is 14.3. The molecule has 1 N–H and O–H groups in total. The fraction of sp³-hybridized carbons (Fsp3) is 0.300. The van der Waals surface area contributed by atoms with E-state index < -0.39 is 24.4 Å². The van der Waals surface area contributed by atoms with Crippen LogP contribution in [0.1, 0.15) is 30.9 Å². The lowest BCUT2D eigenvalue weighted by Crippen LogP contribution is -2.31. The molecule has 0 fully saturated rings. The summed E-state index contributed by atoms with van der Waals surface area (Å²) in [6, 6.07) is 15.9.